The highest BCUT2D eigenvalue weighted by molar-refractivity contribution is 6.33. The van der Waals surface area contributed by atoms with Gasteiger partial charge in [0.15, 0.2) is 0 Å². The Morgan fingerprint density at radius 1 is 1.24 bits per heavy atom. The zero-order valence-electron chi connectivity index (χ0n) is 11.3. The Bertz CT molecular complexity index is 550. The number of rotatable bonds is 3. The average molecular weight is 313 g/mol. The van der Waals surface area contributed by atoms with Gasteiger partial charge in [0.2, 0.25) is 0 Å². The molecule has 0 radical (unpaired) electrons. The summed E-state index contributed by atoms with van der Waals surface area (Å²) < 4.78 is 0. The van der Waals surface area contributed by atoms with Gasteiger partial charge in [0.25, 0.3) is 0 Å². The summed E-state index contributed by atoms with van der Waals surface area (Å²) in [7, 11) is 0. The standard InChI is InChI=1S/C14H17ClN2O4/c15-10-7-8(5-6-9(10)13(19)20)16-14(21)17-11-3-1-2-4-12(11)18/h5-7,11-12,18H,1-4H2,(H,19,20)(H2,16,17,21). The van der Waals surface area contributed by atoms with Crippen molar-refractivity contribution in [3.63, 3.8) is 0 Å². The van der Waals surface area contributed by atoms with E-state index in [0.29, 0.717) is 12.1 Å². The number of halogens is 1. The number of aromatic carboxylic acids is 1. The van der Waals surface area contributed by atoms with Crippen LogP contribution in [0.1, 0.15) is 36.0 Å². The molecule has 0 heterocycles. The first-order chi connectivity index (χ1) is 9.97. The summed E-state index contributed by atoms with van der Waals surface area (Å²) in [5.41, 5.74) is 0.373. The second-order valence-electron chi connectivity index (χ2n) is 5.06. The van der Waals surface area contributed by atoms with Crippen molar-refractivity contribution in [1.29, 1.82) is 0 Å². The molecule has 1 aliphatic carbocycles. The van der Waals surface area contributed by atoms with Crippen molar-refractivity contribution in [2.75, 3.05) is 5.32 Å². The highest BCUT2D eigenvalue weighted by Gasteiger charge is 2.24. The third-order valence-corrected chi connectivity index (χ3v) is 3.82. The third kappa shape index (κ3) is 4.09. The van der Waals surface area contributed by atoms with Gasteiger partial charge in [0.1, 0.15) is 0 Å². The molecule has 2 unspecified atom stereocenters. The number of carboxylic acid groups (broad SMARTS) is 1. The molecule has 1 saturated carbocycles. The Morgan fingerprint density at radius 3 is 2.57 bits per heavy atom. The fourth-order valence-corrected chi connectivity index (χ4v) is 2.64. The molecule has 0 bridgehead atoms. The van der Waals surface area contributed by atoms with Crippen molar-refractivity contribution in [3.8, 4) is 0 Å². The van der Waals surface area contributed by atoms with Crippen LogP contribution in [0, 0.1) is 0 Å². The topological polar surface area (TPSA) is 98.7 Å². The molecule has 0 aromatic heterocycles. The number of benzene rings is 1. The van der Waals surface area contributed by atoms with E-state index in [1.165, 1.54) is 18.2 Å². The molecule has 7 heteroatoms. The number of anilines is 1. The summed E-state index contributed by atoms with van der Waals surface area (Å²) >= 11 is 5.83. The molecule has 1 aliphatic rings. The molecule has 4 N–H and O–H groups in total. The number of hydrogen-bond acceptors (Lipinski definition) is 3. The van der Waals surface area contributed by atoms with Crippen LogP contribution in [0.15, 0.2) is 18.2 Å². The van der Waals surface area contributed by atoms with Crippen LogP contribution in [0.4, 0.5) is 10.5 Å². The normalized spacial score (nSPS) is 21.6. The fourth-order valence-electron chi connectivity index (χ4n) is 2.38. The number of carbonyl (C=O) groups is 2. The van der Waals surface area contributed by atoms with E-state index >= 15 is 0 Å². The van der Waals surface area contributed by atoms with E-state index in [0.717, 1.165) is 19.3 Å². The van der Waals surface area contributed by atoms with Crippen molar-refractivity contribution in [2.45, 2.75) is 37.8 Å². The minimum Gasteiger partial charge on any atom is -0.478 e. The van der Waals surface area contributed by atoms with Crippen LogP contribution in [0.2, 0.25) is 5.02 Å². The number of amides is 2. The SMILES string of the molecule is O=C(Nc1ccc(C(=O)O)c(Cl)c1)NC1CCCCC1O. The fraction of sp³-hybridized carbons (Fsp3) is 0.429. The molecule has 2 rings (SSSR count). The first kappa shape index (κ1) is 15.6. The van der Waals surface area contributed by atoms with Gasteiger partial charge in [-0.15, -0.1) is 0 Å². The lowest BCUT2D eigenvalue weighted by molar-refractivity contribution is 0.0697. The van der Waals surface area contributed by atoms with E-state index in [1.807, 2.05) is 0 Å². The van der Waals surface area contributed by atoms with Crippen LogP contribution in [-0.2, 0) is 0 Å². The summed E-state index contributed by atoms with van der Waals surface area (Å²) in [6.45, 7) is 0. The number of aliphatic hydroxyl groups excluding tert-OH is 1. The van der Waals surface area contributed by atoms with E-state index in [2.05, 4.69) is 10.6 Å². The molecule has 0 spiro atoms. The van der Waals surface area contributed by atoms with Crippen molar-refractivity contribution < 1.29 is 19.8 Å². The van der Waals surface area contributed by atoms with Gasteiger partial charge in [-0.2, -0.15) is 0 Å². The van der Waals surface area contributed by atoms with Crippen LogP contribution in [0.5, 0.6) is 0 Å². The Hall–Kier alpha value is -1.79. The second-order valence-corrected chi connectivity index (χ2v) is 5.46. The van der Waals surface area contributed by atoms with Crippen LogP contribution in [0.25, 0.3) is 0 Å². The molecule has 2 amide bonds. The zero-order chi connectivity index (χ0) is 15.4. The minimum atomic E-state index is -1.12. The molecule has 1 aromatic carbocycles. The van der Waals surface area contributed by atoms with E-state index in [1.54, 1.807) is 0 Å². The monoisotopic (exact) mass is 312 g/mol. The van der Waals surface area contributed by atoms with Crippen molar-refractivity contribution in [1.82, 2.24) is 5.32 Å². The van der Waals surface area contributed by atoms with E-state index in [9.17, 15) is 14.7 Å². The number of carboxylic acids is 1. The lowest BCUT2D eigenvalue weighted by atomic mass is 9.93. The van der Waals surface area contributed by atoms with Gasteiger partial charge in [-0.3, -0.25) is 0 Å². The van der Waals surface area contributed by atoms with Gasteiger partial charge >= 0.3 is 12.0 Å². The van der Waals surface area contributed by atoms with E-state index in [-0.39, 0.29) is 16.6 Å². The van der Waals surface area contributed by atoms with Crippen LogP contribution in [-0.4, -0.2) is 34.4 Å². The van der Waals surface area contributed by atoms with E-state index < -0.39 is 18.1 Å². The van der Waals surface area contributed by atoms with E-state index in [4.69, 9.17) is 16.7 Å². The molecule has 0 aliphatic heterocycles. The lowest BCUT2D eigenvalue weighted by Crippen LogP contribution is -2.46. The second kappa shape index (κ2) is 6.78. The Labute approximate surface area is 127 Å². The quantitative estimate of drug-likeness (QED) is 0.689. The van der Waals surface area contributed by atoms with Crippen LogP contribution < -0.4 is 10.6 Å². The zero-order valence-corrected chi connectivity index (χ0v) is 12.1. The predicted octanol–water partition coefficient (Wildman–Crippen LogP) is 2.46. The average Bonchev–Trinajstić information content (AvgIpc) is 2.41. The molecule has 6 nitrogen and oxygen atoms in total. The summed E-state index contributed by atoms with van der Waals surface area (Å²) in [5.74, 6) is -1.12. The maximum absolute atomic E-state index is 11.9. The maximum Gasteiger partial charge on any atom is 0.337 e. The number of nitrogens with one attached hydrogen (secondary N) is 2. The summed E-state index contributed by atoms with van der Waals surface area (Å²) in [5, 5.41) is 24.0. The molecular weight excluding hydrogens is 296 g/mol. The highest BCUT2D eigenvalue weighted by atomic mass is 35.5. The first-order valence-electron chi connectivity index (χ1n) is 6.76. The van der Waals surface area contributed by atoms with Gasteiger partial charge in [-0.05, 0) is 31.0 Å². The van der Waals surface area contributed by atoms with Gasteiger partial charge < -0.3 is 20.8 Å². The maximum atomic E-state index is 11.9. The molecular formula is C14H17ClN2O4. The summed E-state index contributed by atoms with van der Waals surface area (Å²) in [6.07, 6.45) is 2.84. The molecule has 0 saturated heterocycles. The molecule has 21 heavy (non-hydrogen) atoms. The van der Waals surface area contributed by atoms with Crippen molar-refractivity contribution >= 4 is 29.3 Å². The molecule has 1 aromatic rings. The number of urea groups is 1. The largest absolute Gasteiger partial charge is 0.478 e. The highest BCUT2D eigenvalue weighted by Crippen LogP contribution is 2.22. The predicted molar refractivity (Wildman–Crippen MR) is 78.8 cm³/mol. The van der Waals surface area contributed by atoms with Gasteiger partial charge in [0.05, 0.1) is 22.7 Å². The first-order valence-corrected chi connectivity index (χ1v) is 7.13. The molecule has 114 valence electrons. The number of hydrogen-bond donors (Lipinski definition) is 4. The van der Waals surface area contributed by atoms with Crippen molar-refractivity contribution in [3.05, 3.63) is 28.8 Å². The molecule has 2 atom stereocenters. The van der Waals surface area contributed by atoms with Crippen molar-refractivity contribution in [2.24, 2.45) is 0 Å². The smallest absolute Gasteiger partial charge is 0.337 e. The Morgan fingerprint density at radius 2 is 1.95 bits per heavy atom. The number of aliphatic hydroxyl groups is 1. The van der Waals surface area contributed by atoms with Gasteiger partial charge in [-0.1, -0.05) is 24.4 Å². The minimum absolute atomic E-state index is 0.0228. The number of carbonyl (C=O) groups excluding carboxylic acids is 1. The lowest BCUT2D eigenvalue weighted by Gasteiger charge is -2.28. The Kier molecular flexibility index (Phi) is 5.03. The van der Waals surface area contributed by atoms with Gasteiger partial charge in [0, 0.05) is 5.69 Å². The van der Waals surface area contributed by atoms with Gasteiger partial charge in [-0.25, -0.2) is 9.59 Å². The van der Waals surface area contributed by atoms with Crippen LogP contribution >= 0.6 is 11.6 Å². The molecule has 1 fully saturated rings. The summed E-state index contributed by atoms with van der Waals surface area (Å²) in [6, 6.07) is 3.47. The summed E-state index contributed by atoms with van der Waals surface area (Å²) in [4.78, 5) is 22.7. The Balaban J connectivity index is 1.96. The third-order valence-electron chi connectivity index (χ3n) is 3.50. The van der Waals surface area contributed by atoms with Crippen LogP contribution in [0.3, 0.4) is 0 Å².